The van der Waals surface area contributed by atoms with E-state index in [0.717, 1.165) is 10.0 Å². The van der Waals surface area contributed by atoms with Crippen molar-refractivity contribution in [3.63, 3.8) is 0 Å². The van der Waals surface area contributed by atoms with Crippen molar-refractivity contribution in [1.29, 1.82) is 0 Å². The second-order valence-electron chi connectivity index (χ2n) is 4.27. The van der Waals surface area contributed by atoms with E-state index < -0.39 is 5.82 Å². The second kappa shape index (κ2) is 6.92. The zero-order valence-electron chi connectivity index (χ0n) is 10.6. The van der Waals surface area contributed by atoms with Crippen molar-refractivity contribution < 1.29 is 9.13 Å². The highest BCUT2D eigenvalue weighted by Crippen LogP contribution is 2.16. The maximum Gasteiger partial charge on any atom is 0.138 e. The number of ether oxygens (including phenoxy) is 1. The molecule has 0 spiro atoms. The third-order valence-electron chi connectivity index (χ3n) is 2.76. The van der Waals surface area contributed by atoms with Crippen molar-refractivity contribution in [3.8, 4) is 0 Å². The van der Waals surface area contributed by atoms with Crippen LogP contribution in [0.3, 0.4) is 0 Å². The summed E-state index contributed by atoms with van der Waals surface area (Å²) in [5.41, 5.74) is 7.19. The van der Waals surface area contributed by atoms with E-state index in [1.807, 2.05) is 24.3 Å². The van der Waals surface area contributed by atoms with Crippen LogP contribution < -0.4 is 5.73 Å². The van der Waals surface area contributed by atoms with E-state index in [1.165, 1.54) is 0 Å². The largest absolute Gasteiger partial charge is 0.389 e. The fourth-order valence-electron chi connectivity index (χ4n) is 1.79. The summed E-state index contributed by atoms with van der Waals surface area (Å²) >= 11 is 8.20. The molecule has 0 bridgehead atoms. The van der Waals surface area contributed by atoms with Crippen LogP contribution >= 0.6 is 28.1 Å². The first kappa shape index (κ1) is 15.1. The topological polar surface area (TPSA) is 35.2 Å². The number of hydrogen-bond donors (Lipinski definition) is 1. The van der Waals surface area contributed by atoms with Gasteiger partial charge in [0.15, 0.2) is 0 Å². The molecule has 20 heavy (non-hydrogen) atoms. The van der Waals surface area contributed by atoms with E-state index in [4.69, 9.17) is 22.7 Å². The average molecular weight is 354 g/mol. The lowest BCUT2D eigenvalue weighted by Crippen LogP contribution is -2.13. The lowest BCUT2D eigenvalue weighted by Gasteiger charge is -2.08. The fourth-order valence-corrected chi connectivity index (χ4v) is 2.39. The molecule has 2 aromatic carbocycles. The van der Waals surface area contributed by atoms with Crippen LogP contribution in [-0.2, 0) is 18.0 Å². The molecular formula is C15H13BrFNOS. The summed E-state index contributed by atoms with van der Waals surface area (Å²) in [6.07, 6.45) is 0. The molecule has 0 saturated heterocycles. The molecular weight excluding hydrogens is 341 g/mol. The van der Waals surface area contributed by atoms with Crippen LogP contribution in [0.25, 0.3) is 0 Å². The van der Waals surface area contributed by atoms with Crippen LogP contribution in [0.4, 0.5) is 4.39 Å². The van der Waals surface area contributed by atoms with Crippen molar-refractivity contribution in [1.82, 2.24) is 0 Å². The Bertz CT molecular complexity index is 633. The van der Waals surface area contributed by atoms with Gasteiger partial charge in [-0.05, 0) is 23.8 Å². The average Bonchev–Trinajstić information content (AvgIpc) is 2.40. The predicted molar refractivity (Wildman–Crippen MR) is 84.9 cm³/mol. The van der Waals surface area contributed by atoms with Gasteiger partial charge in [-0.2, -0.15) is 0 Å². The van der Waals surface area contributed by atoms with E-state index in [1.54, 1.807) is 18.2 Å². The molecule has 0 atom stereocenters. The Labute approximate surface area is 130 Å². The third kappa shape index (κ3) is 3.85. The maximum absolute atomic E-state index is 14.1. The Hall–Kier alpha value is -1.30. The first-order valence-electron chi connectivity index (χ1n) is 5.97. The number of hydrogen-bond acceptors (Lipinski definition) is 2. The standard InChI is InChI=1S/C15H13BrFNOS/c16-12-5-1-3-10(7-12)8-19-9-11-4-2-6-13(14(11)17)15(18)20/h1-7H,8-9H2,(H2,18,20). The molecule has 5 heteroatoms. The smallest absolute Gasteiger partial charge is 0.138 e. The molecule has 2 aromatic rings. The summed E-state index contributed by atoms with van der Waals surface area (Å²) in [5, 5.41) is 0. The monoisotopic (exact) mass is 353 g/mol. The van der Waals surface area contributed by atoms with Gasteiger partial charge >= 0.3 is 0 Å². The Morgan fingerprint density at radius 2 is 1.95 bits per heavy atom. The minimum absolute atomic E-state index is 0.0522. The van der Waals surface area contributed by atoms with Crippen molar-refractivity contribution in [2.45, 2.75) is 13.2 Å². The fraction of sp³-hybridized carbons (Fsp3) is 0.133. The molecule has 0 aliphatic carbocycles. The molecule has 0 aliphatic heterocycles. The first-order valence-corrected chi connectivity index (χ1v) is 7.17. The maximum atomic E-state index is 14.1. The number of thiocarbonyl (C=S) groups is 1. The highest BCUT2D eigenvalue weighted by molar-refractivity contribution is 9.10. The van der Waals surface area contributed by atoms with Gasteiger partial charge in [-0.25, -0.2) is 4.39 Å². The van der Waals surface area contributed by atoms with Gasteiger partial charge in [-0.1, -0.05) is 52.4 Å². The SMILES string of the molecule is NC(=S)c1cccc(COCc2cccc(Br)c2)c1F. The lowest BCUT2D eigenvalue weighted by atomic mass is 10.1. The van der Waals surface area contributed by atoms with Crippen LogP contribution in [0.15, 0.2) is 46.9 Å². The molecule has 0 unspecified atom stereocenters. The zero-order chi connectivity index (χ0) is 14.5. The molecule has 2 N–H and O–H groups in total. The minimum Gasteiger partial charge on any atom is -0.389 e. The van der Waals surface area contributed by atoms with Crippen molar-refractivity contribution in [3.05, 3.63) is 69.4 Å². The van der Waals surface area contributed by atoms with Crippen LogP contribution in [0, 0.1) is 5.82 Å². The Morgan fingerprint density at radius 3 is 2.65 bits per heavy atom. The molecule has 2 rings (SSSR count). The molecule has 2 nitrogen and oxygen atoms in total. The minimum atomic E-state index is -0.408. The van der Waals surface area contributed by atoms with Crippen molar-refractivity contribution in [2.24, 2.45) is 5.73 Å². The molecule has 0 saturated carbocycles. The third-order valence-corrected chi connectivity index (χ3v) is 3.47. The van der Waals surface area contributed by atoms with Gasteiger partial charge in [-0.3, -0.25) is 0 Å². The predicted octanol–water partition coefficient (Wildman–Crippen LogP) is 3.94. The highest BCUT2D eigenvalue weighted by atomic mass is 79.9. The van der Waals surface area contributed by atoms with E-state index in [-0.39, 0.29) is 17.2 Å². The van der Waals surface area contributed by atoms with E-state index in [0.29, 0.717) is 12.2 Å². The summed E-state index contributed by atoms with van der Waals surface area (Å²) < 4.78 is 20.6. The van der Waals surface area contributed by atoms with Gasteiger partial charge in [0.05, 0.1) is 13.2 Å². The summed E-state index contributed by atoms with van der Waals surface area (Å²) in [7, 11) is 0. The van der Waals surface area contributed by atoms with Gasteiger partial charge in [-0.15, -0.1) is 0 Å². The van der Waals surface area contributed by atoms with Crippen LogP contribution in [-0.4, -0.2) is 4.99 Å². The Kier molecular flexibility index (Phi) is 5.23. The summed E-state index contributed by atoms with van der Waals surface area (Å²) in [4.78, 5) is 0.0522. The van der Waals surface area contributed by atoms with E-state index >= 15 is 0 Å². The van der Waals surface area contributed by atoms with E-state index in [2.05, 4.69) is 15.9 Å². The highest BCUT2D eigenvalue weighted by Gasteiger charge is 2.09. The first-order chi connectivity index (χ1) is 9.58. The Balaban J connectivity index is 2.01. The van der Waals surface area contributed by atoms with Crippen LogP contribution in [0.2, 0.25) is 0 Å². The molecule has 0 amide bonds. The van der Waals surface area contributed by atoms with Gasteiger partial charge in [0.1, 0.15) is 10.8 Å². The second-order valence-corrected chi connectivity index (χ2v) is 5.62. The van der Waals surface area contributed by atoms with Gasteiger partial charge in [0.2, 0.25) is 0 Å². The van der Waals surface area contributed by atoms with Gasteiger partial charge in [0.25, 0.3) is 0 Å². The zero-order valence-corrected chi connectivity index (χ0v) is 13.0. The normalized spacial score (nSPS) is 10.5. The number of rotatable bonds is 5. The molecule has 0 heterocycles. The lowest BCUT2D eigenvalue weighted by molar-refractivity contribution is 0.105. The molecule has 0 aromatic heterocycles. The molecule has 0 aliphatic rings. The van der Waals surface area contributed by atoms with E-state index in [9.17, 15) is 4.39 Å². The van der Waals surface area contributed by atoms with Crippen LogP contribution in [0.5, 0.6) is 0 Å². The quantitative estimate of drug-likeness (QED) is 0.826. The van der Waals surface area contributed by atoms with Crippen molar-refractivity contribution >= 4 is 33.1 Å². The summed E-state index contributed by atoms with van der Waals surface area (Å²) in [5.74, 6) is -0.408. The summed E-state index contributed by atoms with van der Waals surface area (Å²) in [6, 6.07) is 12.7. The number of benzene rings is 2. The van der Waals surface area contributed by atoms with Crippen LogP contribution in [0.1, 0.15) is 16.7 Å². The van der Waals surface area contributed by atoms with Gasteiger partial charge < -0.3 is 10.5 Å². The Morgan fingerprint density at radius 1 is 1.20 bits per heavy atom. The molecule has 0 radical (unpaired) electrons. The number of halogens is 2. The summed E-state index contributed by atoms with van der Waals surface area (Å²) in [6.45, 7) is 0.588. The van der Waals surface area contributed by atoms with Gasteiger partial charge in [0, 0.05) is 15.6 Å². The molecule has 104 valence electrons. The number of nitrogens with two attached hydrogens (primary N) is 1. The molecule has 0 fully saturated rings. The van der Waals surface area contributed by atoms with Crippen molar-refractivity contribution in [2.75, 3.05) is 0 Å².